The fraction of sp³-hybridized carbons (Fsp3) is 0.500. The van der Waals surface area contributed by atoms with Crippen molar-refractivity contribution >= 4 is 27.9 Å². The lowest BCUT2D eigenvalue weighted by Crippen LogP contribution is -2.51. The van der Waals surface area contributed by atoms with Crippen molar-refractivity contribution in [2.75, 3.05) is 33.3 Å². The maximum absolute atomic E-state index is 12.6. The number of aromatic nitrogens is 2. The number of hydrogen-bond donors (Lipinski definition) is 0. The number of methoxy groups -OCH3 is 1. The van der Waals surface area contributed by atoms with Gasteiger partial charge in [-0.2, -0.15) is 0 Å². The molecule has 1 saturated heterocycles. The Hall–Kier alpha value is -2.12. The Balaban J connectivity index is 1.37. The third-order valence-corrected chi connectivity index (χ3v) is 7.36. The van der Waals surface area contributed by atoms with E-state index in [1.165, 1.54) is 12.1 Å². The van der Waals surface area contributed by atoms with Gasteiger partial charge in [0.25, 0.3) is 0 Å². The zero-order chi connectivity index (χ0) is 21.4. The Kier molecular flexibility index (Phi) is 5.89. The smallest absolute Gasteiger partial charge is 0.225 e. The number of allylic oxidation sites excluding steroid dienone is 1. The average Bonchev–Trinajstić information content (AvgIpc) is 3.10. The van der Waals surface area contributed by atoms with E-state index in [0.717, 1.165) is 74.9 Å². The molecule has 2 fully saturated rings. The van der Waals surface area contributed by atoms with Crippen molar-refractivity contribution < 1.29 is 9.53 Å². The van der Waals surface area contributed by atoms with Gasteiger partial charge in [0, 0.05) is 50.7 Å². The van der Waals surface area contributed by atoms with E-state index in [4.69, 9.17) is 9.72 Å². The van der Waals surface area contributed by atoms with Crippen LogP contribution in [0.5, 0.6) is 5.75 Å². The highest BCUT2D eigenvalue weighted by molar-refractivity contribution is 9.09. The SMILES string of the molecule is COc1cccc(-c2nc3n(c2CN2CCN(C(=O)C4CCC4)CC2)CC(Br)C=C3)c1. The molecule has 1 atom stereocenters. The number of carbonyl (C=O) groups excluding carboxylic acids is 1. The molecule has 6 nitrogen and oxygen atoms in total. The van der Waals surface area contributed by atoms with Crippen molar-refractivity contribution in [3.63, 3.8) is 0 Å². The molecule has 1 aromatic heterocycles. The second-order valence-electron chi connectivity index (χ2n) is 8.71. The Morgan fingerprint density at radius 3 is 2.74 bits per heavy atom. The number of alkyl halides is 1. The minimum atomic E-state index is 0.288. The quantitative estimate of drug-likeness (QED) is 0.605. The van der Waals surface area contributed by atoms with E-state index in [1.807, 2.05) is 12.1 Å². The highest BCUT2D eigenvalue weighted by Gasteiger charge is 2.32. The molecule has 7 heteroatoms. The van der Waals surface area contributed by atoms with E-state index in [9.17, 15) is 4.79 Å². The van der Waals surface area contributed by atoms with Crippen LogP contribution in [-0.2, 0) is 17.9 Å². The molecule has 2 aromatic rings. The van der Waals surface area contributed by atoms with Gasteiger partial charge in [-0.05, 0) is 31.1 Å². The summed E-state index contributed by atoms with van der Waals surface area (Å²) in [6.45, 7) is 5.17. The van der Waals surface area contributed by atoms with Crippen molar-refractivity contribution in [2.45, 2.75) is 37.2 Å². The molecule has 1 saturated carbocycles. The number of hydrogen-bond acceptors (Lipinski definition) is 4. The number of ether oxygens (including phenoxy) is 1. The molecule has 1 aromatic carbocycles. The number of nitrogens with zero attached hydrogens (tertiary/aromatic N) is 4. The Labute approximate surface area is 192 Å². The third kappa shape index (κ3) is 4.17. The van der Waals surface area contributed by atoms with Crippen molar-refractivity contribution in [3.8, 4) is 17.0 Å². The molecule has 0 spiro atoms. The predicted octanol–water partition coefficient (Wildman–Crippen LogP) is 3.79. The summed E-state index contributed by atoms with van der Waals surface area (Å²) in [5.74, 6) is 2.50. The van der Waals surface area contributed by atoms with Gasteiger partial charge >= 0.3 is 0 Å². The molecule has 31 heavy (non-hydrogen) atoms. The number of halogens is 1. The molecular formula is C24H29BrN4O2. The summed E-state index contributed by atoms with van der Waals surface area (Å²) in [5.41, 5.74) is 3.33. The first-order valence-electron chi connectivity index (χ1n) is 11.2. The minimum Gasteiger partial charge on any atom is -0.497 e. The number of piperazine rings is 1. The molecule has 0 bridgehead atoms. The van der Waals surface area contributed by atoms with Crippen LogP contribution in [0.4, 0.5) is 0 Å². The number of rotatable bonds is 5. The average molecular weight is 485 g/mol. The van der Waals surface area contributed by atoms with Gasteiger partial charge in [-0.3, -0.25) is 9.69 Å². The summed E-state index contributed by atoms with van der Waals surface area (Å²) < 4.78 is 7.78. The van der Waals surface area contributed by atoms with E-state index < -0.39 is 0 Å². The van der Waals surface area contributed by atoms with Gasteiger partial charge in [0.05, 0.1) is 23.3 Å². The van der Waals surface area contributed by atoms with Gasteiger partial charge in [-0.1, -0.05) is 40.6 Å². The summed E-state index contributed by atoms with van der Waals surface area (Å²) in [7, 11) is 1.70. The van der Waals surface area contributed by atoms with Gasteiger partial charge < -0.3 is 14.2 Å². The first kappa shape index (κ1) is 20.8. The third-order valence-electron chi connectivity index (χ3n) is 6.77. The lowest BCUT2D eigenvalue weighted by atomic mass is 9.84. The second-order valence-corrected chi connectivity index (χ2v) is 9.89. The van der Waals surface area contributed by atoms with Crippen molar-refractivity contribution in [3.05, 3.63) is 41.9 Å². The molecule has 3 aliphatic rings. The van der Waals surface area contributed by atoms with Crippen LogP contribution < -0.4 is 4.74 Å². The van der Waals surface area contributed by atoms with Crippen LogP contribution in [0.3, 0.4) is 0 Å². The van der Waals surface area contributed by atoms with E-state index in [0.29, 0.717) is 10.7 Å². The summed E-state index contributed by atoms with van der Waals surface area (Å²) in [5, 5.41) is 0. The number of imidazole rings is 1. The molecule has 3 heterocycles. The first-order chi connectivity index (χ1) is 15.1. The molecular weight excluding hydrogens is 456 g/mol. The maximum Gasteiger partial charge on any atom is 0.225 e. The largest absolute Gasteiger partial charge is 0.497 e. The highest BCUT2D eigenvalue weighted by atomic mass is 79.9. The molecule has 0 radical (unpaired) electrons. The van der Waals surface area contributed by atoms with Crippen LogP contribution >= 0.6 is 15.9 Å². The summed E-state index contributed by atoms with van der Waals surface area (Å²) >= 11 is 3.74. The zero-order valence-electron chi connectivity index (χ0n) is 18.0. The first-order valence-corrected chi connectivity index (χ1v) is 12.1. The van der Waals surface area contributed by atoms with Gasteiger partial charge in [0.1, 0.15) is 11.6 Å². The van der Waals surface area contributed by atoms with Crippen LogP contribution in [0.15, 0.2) is 30.3 Å². The maximum atomic E-state index is 12.6. The van der Waals surface area contributed by atoms with E-state index in [2.05, 4.69) is 54.6 Å². The molecule has 0 N–H and O–H groups in total. The van der Waals surface area contributed by atoms with E-state index >= 15 is 0 Å². The normalized spacial score (nSPS) is 21.6. The minimum absolute atomic E-state index is 0.288. The Morgan fingerprint density at radius 2 is 2.03 bits per heavy atom. The van der Waals surface area contributed by atoms with E-state index in [1.54, 1.807) is 7.11 Å². The lowest BCUT2D eigenvalue weighted by molar-refractivity contribution is -0.140. The van der Waals surface area contributed by atoms with Gasteiger partial charge in [-0.15, -0.1) is 0 Å². The van der Waals surface area contributed by atoms with E-state index in [-0.39, 0.29) is 5.92 Å². The number of carbonyl (C=O) groups is 1. The standard InChI is InChI=1S/C24H29BrN4O2/c1-31-20-7-3-6-18(14-20)23-21(29-15-19(25)8-9-22(29)26-23)16-27-10-12-28(13-11-27)24(30)17-4-2-5-17/h3,6-9,14,17,19H,2,4-5,10-13,15-16H2,1H3. The van der Waals surface area contributed by atoms with Crippen molar-refractivity contribution in [1.29, 1.82) is 0 Å². The number of fused-ring (bicyclic) bond motifs is 1. The summed E-state index contributed by atoms with van der Waals surface area (Å²) in [4.78, 5) is 22.4. The molecule has 5 rings (SSSR count). The summed E-state index contributed by atoms with van der Waals surface area (Å²) in [6.07, 6.45) is 7.62. The fourth-order valence-corrected chi connectivity index (χ4v) is 5.12. The van der Waals surface area contributed by atoms with Crippen LogP contribution in [0.25, 0.3) is 17.3 Å². The Morgan fingerprint density at radius 1 is 1.23 bits per heavy atom. The van der Waals surface area contributed by atoms with Gasteiger partial charge in [0.2, 0.25) is 5.91 Å². The van der Waals surface area contributed by atoms with Crippen molar-refractivity contribution in [2.24, 2.45) is 5.92 Å². The van der Waals surface area contributed by atoms with Crippen LogP contribution in [0.2, 0.25) is 0 Å². The molecule has 1 amide bonds. The highest BCUT2D eigenvalue weighted by Crippen LogP contribution is 2.32. The molecule has 164 valence electrons. The van der Waals surface area contributed by atoms with Crippen LogP contribution in [0.1, 0.15) is 30.8 Å². The van der Waals surface area contributed by atoms with Crippen LogP contribution in [-0.4, -0.2) is 63.4 Å². The van der Waals surface area contributed by atoms with Crippen molar-refractivity contribution in [1.82, 2.24) is 19.4 Å². The topological polar surface area (TPSA) is 50.6 Å². The lowest BCUT2D eigenvalue weighted by Gasteiger charge is -2.38. The number of benzene rings is 1. The zero-order valence-corrected chi connectivity index (χ0v) is 19.6. The molecule has 1 unspecified atom stereocenters. The summed E-state index contributed by atoms with van der Waals surface area (Å²) in [6, 6.07) is 8.14. The van der Waals surface area contributed by atoms with Gasteiger partial charge in [-0.25, -0.2) is 4.98 Å². The fourth-order valence-electron chi connectivity index (χ4n) is 4.68. The second kappa shape index (κ2) is 8.79. The molecule has 1 aliphatic carbocycles. The van der Waals surface area contributed by atoms with Gasteiger partial charge in [0.15, 0.2) is 0 Å². The van der Waals surface area contributed by atoms with Crippen LogP contribution in [0, 0.1) is 5.92 Å². The monoisotopic (exact) mass is 484 g/mol. The Bertz CT molecular complexity index is 989. The predicted molar refractivity (Wildman–Crippen MR) is 125 cm³/mol. The molecule has 2 aliphatic heterocycles. The number of amides is 1.